The summed E-state index contributed by atoms with van der Waals surface area (Å²) in [6.07, 6.45) is -0.744. The Morgan fingerprint density at radius 3 is 2.48 bits per heavy atom. The summed E-state index contributed by atoms with van der Waals surface area (Å²) in [5.74, 6) is 1.64. The molecule has 6 nitrogen and oxygen atoms in total. The van der Waals surface area contributed by atoms with E-state index >= 15 is 0 Å². The fraction of sp³-hybridized carbons (Fsp3) is 0.259. The van der Waals surface area contributed by atoms with Crippen LogP contribution in [-0.2, 0) is 13.1 Å². The number of aliphatic hydroxyl groups excluding tert-OH is 1. The minimum absolute atomic E-state index is 0.159. The van der Waals surface area contributed by atoms with Gasteiger partial charge in [0.15, 0.2) is 0 Å². The molecule has 6 heteroatoms. The number of aromatic nitrogens is 2. The first-order chi connectivity index (χ1) is 16.0. The summed E-state index contributed by atoms with van der Waals surface area (Å²) < 4.78 is 7.91. The molecule has 2 N–H and O–H groups in total. The standard InChI is InChI=1S/C27H29N3O3/c1-19(2)22-12-6-9-15-25(22)33-18-21(31)17-30-24-14-8-7-13-23(24)29-26(30)16-28-27(32)20-10-4-3-5-11-20/h3-15,19,21,31H,16-18H2,1-2H3,(H,28,32). The number of carbonyl (C=O) groups is 1. The maximum atomic E-state index is 12.5. The fourth-order valence-electron chi connectivity index (χ4n) is 3.85. The van der Waals surface area contributed by atoms with E-state index in [9.17, 15) is 9.90 Å². The van der Waals surface area contributed by atoms with Gasteiger partial charge in [-0.1, -0.05) is 62.4 Å². The van der Waals surface area contributed by atoms with Gasteiger partial charge in [-0.2, -0.15) is 0 Å². The number of amides is 1. The van der Waals surface area contributed by atoms with E-state index in [1.54, 1.807) is 12.1 Å². The van der Waals surface area contributed by atoms with Crippen LogP contribution in [-0.4, -0.2) is 33.3 Å². The smallest absolute Gasteiger partial charge is 0.251 e. The van der Waals surface area contributed by atoms with Gasteiger partial charge in [0.25, 0.3) is 5.91 Å². The summed E-state index contributed by atoms with van der Waals surface area (Å²) in [4.78, 5) is 17.2. The summed E-state index contributed by atoms with van der Waals surface area (Å²) >= 11 is 0. The summed E-state index contributed by atoms with van der Waals surface area (Å²) in [7, 11) is 0. The first kappa shape index (κ1) is 22.6. The third kappa shape index (κ3) is 5.41. The number of imidazole rings is 1. The third-order valence-corrected chi connectivity index (χ3v) is 5.54. The van der Waals surface area contributed by atoms with E-state index in [-0.39, 0.29) is 19.1 Å². The van der Waals surface area contributed by atoms with Gasteiger partial charge in [0.2, 0.25) is 0 Å². The molecule has 170 valence electrons. The Morgan fingerprint density at radius 1 is 1.00 bits per heavy atom. The molecule has 0 saturated carbocycles. The van der Waals surface area contributed by atoms with Gasteiger partial charge in [-0.05, 0) is 41.8 Å². The van der Waals surface area contributed by atoms with Crippen LogP contribution < -0.4 is 10.1 Å². The van der Waals surface area contributed by atoms with E-state index < -0.39 is 6.10 Å². The lowest BCUT2D eigenvalue weighted by Gasteiger charge is -2.18. The zero-order chi connectivity index (χ0) is 23.2. The number of fused-ring (bicyclic) bond motifs is 1. The van der Waals surface area contributed by atoms with Gasteiger partial charge >= 0.3 is 0 Å². The summed E-state index contributed by atoms with van der Waals surface area (Å²) in [6, 6.07) is 24.7. The van der Waals surface area contributed by atoms with Gasteiger partial charge in [0, 0.05) is 5.56 Å². The van der Waals surface area contributed by atoms with Crippen molar-refractivity contribution in [2.75, 3.05) is 6.61 Å². The van der Waals surface area contributed by atoms with Crippen molar-refractivity contribution in [1.82, 2.24) is 14.9 Å². The Hall–Kier alpha value is -3.64. The molecule has 0 spiro atoms. The first-order valence-corrected chi connectivity index (χ1v) is 11.2. The number of benzene rings is 3. The first-order valence-electron chi connectivity index (χ1n) is 11.2. The van der Waals surface area contributed by atoms with E-state index in [0.29, 0.717) is 23.9 Å². The van der Waals surface area contributed by atoms with Crippen LogP contribution in [0.2, 0.25) is 0 Å². The van der Waals surface area contributed by atoms with Crippen molar-refractivity contribution in [3.05, 3.63) is 95.8 Å². The Kier molecular flexibility index (Phi) is 7.05. The van der Waals surface area contributed by atoms with Crippen LogP contribution in [0, 0.1) is 0 Å². The topological polar surface area (TPSA) is 76.4 Å². The van der Waals surface area contributed by atoms with Crippen molar-refractivity contribution in [3.63, 3.8) is 0 Å². The van der Waals surface area contributed by atoms with Crippen molar-refractivity contribution in [2.45, 2.75) is 39.0 Å². The number of nitrogens with zero attached hydrogens (tertiary/aromatic N) is 2. The van der Waals surface area contributed by atoms with Gasteiger partial charge in [-0.3, -0.25) is 4.79 Å². The molecule has 0 fully saturated rings. The second-order valence-electron chi connectivity index (χ2n) is 8.33. The maximum absolute atomic E-state index is 12.5. The lowest BCUT2D eigenvalue weighted by atomic mass is 10.0. The fourth-order valence-corrected chi connectivity index (χ4v) is 3.85. The predicted molar refractivity (Wildman–Crippen MR) is 129 cm³/mol. The normalized spacial score (nSPS) is 12.1. The highest BCUT2D eigenvalue weighted by Gasteiger charge is 2.17. The lowest BCUT2D eigenvalue weighted by Crippen LogP contribution is -2.28. The van der Waals surface area contributed by atoms with Crippen LogP contribution in [0.5, 0.6) is 5.75 Å². The molecule has 1 amide bonds. The molecule has 0 bridgehead atoms. The third-order valence-electron chi connectivity index (χ3n) is 5.54. The Balaban J connectivity index is 1.48. The number of hydrogen-bond acceptors (Lipinski definition) is 4. The molecule has 3 aromatic carbocycles. The molecule has 4 rings (SSSR count). The van der Waals surface area contributed by atoms with Crippen molar-refractivity contribution in [1.29, 1.82) is 0 Å². The summed E-state index contributed by atoms with van der Waals surface area (Å²) in [5, 5.41) is 13.7. The van der Waals surface area contributed by atoms with Crippen molar-refractivity contribution in [2.24, 2.45) is 0 Å². The lowest BCUT2D eigenvalue weighted by molar-refractivity contribution is 0.0912. The SMILES string of the molecule is CC(C)c1ccccc1OCC(O)Cn1c(CNC(=O)c2ccccc2)nc2ccccc21. The number of nitrogens with one attached hydrogen (secondary N) is 1. The zero-order valence-electron chi connectivity index (χ0n) is 18.9. The minimum atomic E-state index is -0.744. The molecule has 33 heavy (non-hydrogen) atoms. The van der Waals surface area contributed by atoms with Gasteiger partial charge in [-0.15, -0.1) is 0 Å². The largest absolute Gasteiger partial charge is 0.491 e. The highest BCUT2D eigenvalue weighted by Crippen LogP contribution is 2.26. The van der Waals surface area contributed by atoms with E-state index in [1.807, 2.05) is 71.3 Å². The molecule has 1 aromatic heterocycles. The van der Waals surface area contributed by atoms with Crippen molar-refractivity contribution in [3.8, 4) is 5.75 Å². The molecule has 0 aliphatic heterocycles. The van der Waals surface area contributed by atoms with Crippen LogP contribution in [0.3, 0.4) is 0 Å². The molecule has 1 atom stereocenters. The average molecular weight is 444 g/mol. The van der Waals surface area contributed by atoms with Gasteiger partial charge in [0.05, 0.1) is 24.1 Å². The molecule has 0 saturated heterocycles. The monoisotopic (exact) mass is 443 g/mol. The van der Waals surface area contributed by atoms with Crippen LogP contribution in [0.1, 0.15) is 41.5 Å². The predicted octanol–water partition coefficient (Wildman–Crippen LogP) is 4.53. The molecule has 0 aliphatic carbocycles. The summed E-state index contributed by atoms with van der Waals surface area (Å²) in [5.41, 5.74) is 3.43. The van der Waals surface area contributed by atoms with Gasteiger partial charge in [0.1, 0.15) is 24.3 Å². The second kappa shape index (κ2) is 10.3. The molecule has 4 aromatic rings. The number of carbonyl (C=O) groups excluding carboxylic acids is 1. The van der Waals surface area contributed by atoms with Crippen LogP contribution >= 0.6 is 0 Å². The molecule has 1 unspecified atom stereocenters. The molecular weight excluding hydrogens is 414 g/mol. The minimum Gasteiger partial charge on any atom is -0.491 e. The highest BCUT2D eigenvalue weighted by molar-refractivity contribution is 5.94. The van der Waals surface area contributed by atoms with Gasteiger partial charge in [-0.25, -0.2) is 4.98 Å². The van der Waals surface area contributed by atoms with E-state index in [0.717, 1.165) is 22.3 Å². The van der Waals surface area contributed by atoms with E-state index in [2.05, 4.69) is 24.1 Å². The number of rotatable bonds is 9. The Bertz CT molecular complexity index is 1220. The van der Waals surface area contributed by atoms with Crippen molar-refractivity contribution >= 4 is 16.9 Å². The van der Waals surface area contributed by atoms with Crippen LogP contribution in [0.25, 0.3) is 11.0 Å². The number of ether oxygens (including phenoxy) is 1. The zero-order valence-corrected chi connectivity index (χ0v) is 18.9. The van der Waals surface area contributed by atoms with E-state index in [4.69, 9.17) is 4.74 Å². The number of para-hydroxylation sites is 3. The molecule has 0 aliphatic rings. The quantitative estimate of drug-likeness (QED) is 0.399. The Labute approximate surface area is 193 Å². The van der Waals surface area contributed by atoms with Crippen LogP contribution in [0.4, 0.5) is 0 Å². The van der Waals surface area contributed by atoms with Crippen molar-refractivity contribution < 1.29 is 14.6 Å². The molecule has 0 radical (unpaired) electrons. The van der Waals surface area contributed by atoms with E-state index in [1.165, 1.54) is 0 Å². The highest BCUT2D eigenvalue weighted by atomic mass is 16.5. The van der Waals surface area contributed by atoms with Crippen LogP contribution in [0.15, 0.2) is 78.9 Å². The van der Waals surface area contributed by atoms with Gasteiger partial charge < -0.3 is 19.7 Å². The Morgan fingerprint density at radius 2 is 1.70 bits per heavy atom. The number of aliphatic hydroxyl groups is 1. The molecule has 1 heterocycles. The summed E-state index contributed by atoms with van der Waals surface area (Å²) in [6.45, 7) is 4.96. The second-order valence-corrected chi connectivity index (χ2v) is 8.33. The molecular formula is C27H29N3O3. The average Bonchev–Trinajstić information content (AvgIpc) is 3.19. The maximum Gasteiger partial charge on any atom is 0.251 e. The number of hydrogen-bond donors (Lipinski definition) is 2.